The minimum absolute atomic E-state index is 0.0498. The predicted octanol–water partition coefficient (Wildman–Crippen LogP) is 3.57. The van der Waals surface area contributed by atoms with Crippen LogP contribution in [0.1, 0.15) is 5.76 Å². The first-order valence-corrected chi connectivity index (χ1v) is 11.4. The number of sulfone groups is 1. The maximum absolute atomic E-state index is 12.7. The monoisotopic (exact) mass is 486 g/mol. The molecule has 3 aromatic rings. The lowest BCUT2D eigenvalue weighted by Crippen LogP contribution is -2.35. The molecule has 1 N–H and O–H groups in total. The van der Waals surface area contributed by atoms with Gasteiger partial charge in [-0.25, -0.2) is 13.4 Å². The van der Waals surface area contributed by atoms with E-state index in [1.807, 2.05) is 0 Å². The maximum atomic E-state index is 12.7. The van der Waals surface area contributed by atoms with Crippen LogP contribution in [0, 0.1) is 0 Å². The van der Waals surface area contributed by atoms with Gasteiger partial charge >= 0.3 is 0 Å². The molecule has 2 heterocycles. The fourth-order valence-corrected chi connectivity index (χ4v) is 3.82. The zero-order valence-corrected chi connectivity index (χ0v) is 18.0. The van der Waals surface area contributed by atoms with E-state index >= 15 is 0 Å². The molecule has 0 atom stereocenters. The van der Waals surface area contributed by atoms with E-state index in [-0.39, 0.29) is 10.5 Å². The third-order valence-electron chi connectivity index (χ3n) is 4.46. The van der Waals surface area contributed by atoms with Crippen molar-refractivity contribution in [2.24, 2.45) is 0 Å². The Balaban J connectivity index is 1.58. The van der Waals surface area contributed by atoms with E-state index in [0.717, 1.165) is 10.7 Å². The van der Waals surface area contributed by atoms with Crippen molar-refractivity contribution < 1.29 is 22.4 Å². The summed E-state index contributed by atoms with van der Waals surface area (Å²) in [5.74, 6) is -0.206. The Bertz CT molecular complexity index is 1280. The van der Waals surface area contributed by atoms with Crippen LogP contribution in [0.3, 0.4) is 0 Å². The molecule has 2 aromatic carbocycles. The van der Waals surface area contributed by atoms with Crippen LogP contribution in [0.25, 0.3) is 17.4 Å². The first-order valence-electron chi connectivity index (χ1n) is 8.75. The van der Waals surface area contributed by atoms with Crippen LogP contribution in [-0.2, 0) is 19.4 Å². The number of hydrogen-bond donors (Lipinski definition) is 1. The summed E-state index contributed by atoms with van der Waals surface area (Å²) in [6, 6.07) is 16.5. The van der Waals surface area contributed by atoms with Crippen molar-refractivity contribution in [2.45, 2.75) is 4.90 Å². The fraction of sp³-hybridized carbons (Fsp3) is 0.0476. The quantitative estimate of drug-likeness (QED) is 0.449. The van der Waals surface area contributed by atoms with E-state index in [9.17, 15) is 18.0 Å². The molecule has 2 amide bonds. The Labute approximate surface area is 181 Å². The number of amides is 2. The van der Waals surface area contributed by atoms with E-state index in [4.69, 9.17) is 4.42 Å². The van der Waals surface area contributed by atoms with E-state index in [1.54, 1.807) is 48.5 Å². The minimum Gasteiger partial charge on any atom is -0.457 e. The van der Waals surface area contributed by atoms with Crippen molar-refractivity contribution in [3.63, 3.8) is 0 Å². The highest BCUT2D eigenvalue weighted by Gasteiger charge is 2.34. The SMILES string of the molecule is CS(=O)(=O)c1ccc(-c2ccc(/C=C3/C(=O)NN(c4ccc(Br)cc4)C3=O)o2)cc1. The zero-order valence-electron chi connectivity index (χ0n) is 15.6. The minimum atomic E-state index is -3.28. The molecule has 0 spiro atoms. The number of carbonyl (C=O) groups excluding carboxylic acids is 2. The zero-order chi connectivity index (χ0) is 21.5. The van der Waals surface area contributed by atoms with Gasteiger partial charge in [0.25, 0.3) is 11.8 Å². The van der Waals surface area contributed by atoms with Crippen molar-refractivity contribution in [1.82, 2.24) is 5.43 Å². The maximum Gasteiger partial charge on any atom is 0.282 e. The second-order valence-electron chi connectivity index (χ2n) is 6.61. The Hall–Kier alpha value is -3.17. The number of hydrazine groups is 1. The van der Waals surface area contributed by atoms with E-state index in [2.05, 4.69) is 21.4 Å². The lowest BCUT2D eigenvalue weighted by molar-refractivity contribution is -0.117. The molecule has 9 heteroatoms. The van der Waals surface area contributed by atoms with Crippen molar-refractivity contribution in [3.8, 4) is 11.3 Å². The van der Waals surface area contributed by atoms with Crippen LogP contribution < -0.4 is 10.4 Å². The van der Waals surface area contributed by atoms with Crippen molar-refractivity contribution in [1.29, 1.82) is 0 Å². The summed E-state index contributed by atoms with van der Waals surface area (Å²) in [5, 5.41) is 1.17. The summed E-state index contributed by atoms with van der Waals surface area (Å²) in [4.78, 5) is 25.2. The summed E-state index contributed by atoms with van der Waals surface area (Å²) in [6.45, 7) is 0. The fourth-order valence-electron chi connectivity index (χ4n) is 2.92. The predicted molar refractivity (Wildman–Crippen MR) is 115 cm³/mol. The average Bonchev–Trinajstić information content (AvgIpc) is 3.28. The van der Waals surface area contributed by atoms with Gasteiger partial charge in [0.15, 0.2) is 9.84 Å². The van der Waals surface area contributed by atoms with Gasteiger partial charge < -0.3 is 4.42 Å². The summed E-state index contributed by atoms with van der Waals surface area (Å²) >= 11 is 3.33. The van der Waals surface area contributed by atoms with Gasteiger partial charge in [0.05, 0.1) is 10.6 Å². The van der Waals surface area contributed by atoms with Gasteiger partial charge in [-0.3, -0.25) is 15.0 Å². The van der Waals surface area contributed by atoms with Crippen LogP contribution in [0.15, 0.2) is 80.0 Å². The Morgan fingerprint density at radius 3 is 2.27 bits per heavy atom. The van der Waals surface area contributed by atoms with Gasteiger partial charge in [0.1, 0.15) is 17.1 Å². The smallest absolute Gasteiger partial charge is 0.282 e. The first-order chi connectivity index (χ1) is 14.2. The van der Waals surface area contributed by atoms with Crippen LogP contribution in [0.4, 0.5) is 5.69 Å². The third kappa shape index (κ3) is 3.94. The molecule has 4 rings (SSSR count). The summed E-state index contributed by atoms with van der Waals surface area (Å²) < 4.78 is 29.7. The number of rotatable bonds is 4. The Kier molecular flexibility index (Phi) is 5.08. The van der Waals surface area contributed by atoms with Crippen LogP contribution in [-0.4, -0.2) is 26.5 Å². The molecule has 1 saturated heterocycles. The van der Waals surface area contributed by atoms with E-state index < -0.39 is 21.7 Å². The van der Waals surface area contributed by atoms with Crippen LogP contribution in [0.5, 0.6) is 0 Å². The first kappa shape index (κ1) is 20.1. The summed E-state index contributed by atoms with van der Waals surface area (Å²) in [7, 11) is -3.28. The standard InChI is InChI=1S/C21H15BrN2O5S/c1-30(27,28)17-9-2-13(3-10-17)19-11-8-16(29-19)12-18-20(25)23-24(21(18)26)15-6-4-14(22)5-7-15/h2-12H,1H3,(H,23,25)/b18-12-. The summed E-state index contributed by atoms with van der Waals surface area (Å²) in [6.07, 6.45) is 2.52. The highest BCUT2D eigenvalue weighted by molar-refractivity contribution is 9.10. The summed E-state index contributed by atoms with van der Waals surface area (Å²) in [5.41, 5.74) is 3.69. The molecule has 0 aliphatic carbocycles. The normalized spacial score (nSPS) is 15.7. The number of nitrogens with zero attached hydrogens (tertiary/aromatic N) is 1. The van der Waals surface area contributed by atoms with Crippen molar-refractivity contribution >= 4 is 49.3 Å². The number of anilines is 1. The second kappa shape index (κ2) is 7.58. The number of furan rings is 1. The lowest BCUT2D eigenvalue weighted by Gasteiger charge is -2.14. The topological polar surface area (TPSA) is 96.7 Å². The molecule has 152 valence electrons. The number of hydrogen-bond acceptors (Lipinski definition) is 5. The number of halogens is 1. The number of carbonyl (C=O) groups is 2. The molecule has 30 heavy (non-hydrogen) atoms. The van der Waals surface area contributed by atoms with Crippen LogP contribution in [0.2, 0.25) is 0 Å². The molecular weight excluding hydrogens is 472 g/mol. The van der Waals surface area contributed by atoms with Crippen molar-refractivity contribution in [3.05, 3.63) is 76.5 Å². The molecule has 1 aromatic heterocycles. The highest BCUT2D eigenvalue weighted by Crippen LogP contribution is 2.27. The molecule has 0 saturated carbocycles. The number of nitrogens with one attached hydrogen (secondary N) is 1. The Morgan fingerprint density at radius 1 is 0.967 bits per heavy atom. The van der Waals surface area contributed by atoms with Gasteiger partial charge in [-0.15, -0.1) is 0 Å². The lowest BCUT2D eigenvalue weighted by atomic mass is 10.2. The molecule has 1 fully saturated rings. The van der Waals surface area contributed by atoms with E-state index in [0.29, 0.717) is 22.8 Å². The van der Waals surface area contributed by atoms with Crippen LogP contribution >= 0.6 is 15.9 Å². The molecule has 1 aliphatic heterocycles. The van der Waals surface area contributed by atoms with E-state index in [1.165, 1.54) is 23.2 Å². The molecule has 0 bridgehead atoms. The van der Waals surface area contributed by atoms with Gasteiger partial charge in [0, 0.05) is 16.3 Å². The van der Waals surface area contributed by atoms with Gasteiger partial charge in [0.2, 0.25) is 0 Å². The molecular formula is C21H15BrN2O5S. The van der Waals surface area contributed by atoms with Gasteiger partial charge in [-0.1, -0.05) is 15.9 Å². The van der Waals surface area contributed by atoms with Gasteiger partial charge in [-0.05, 0) is 66.7 Å². The third-order valence-corrected chi connectivity index (χ3v) is 6.11. The Morgan fingerprint density at radius 2 is 1.63 bits per heavy atom. The van der Waals surface area contributed by atoms with Gasteiger partial charge in [-0.2, -0.15) is 0 Å². The number of benzene rings is 2. The van der Waals surface area contributed by atoms with Crippen molar-refractivity contribution in [2.75, 3.05) is 11.3 Å². The molecule has 0 radical (unpaired) electrons. The molecule has 1 aliphatic rings. The molecule has 7 nitrogen and oxygen atoms in total. The molecule has 0 unspecified atom stereocenters. The second-order valence-corrected chi connectivity index (χ2v) is 9.55. The largest absolute Gasteiger partial charge is 0.457 e. The highest BCUT2D eigenvalue weighted by atomic mass is 79.9. The average molecular weight is 487 g/mol.